The Bertz CT molecular complexity index is 541. The summed E-state index contributed by atoms with van der Waals surface area (Å²) in [6.07, 6.45) is 1.69. The molecule has 0 unspecified atom stereocenters. The van der Waals surface area contributed by atoms with Crippen LogP contribution < -0.4 is 5.73 Å². The lowest BCUT2D eigenvalue weighted by Crippen LogP contribution is -1.94. The quantitative estimate of drug-likeness (QED) is 0.806. The van der Waals surface area contributed by atoms with E-state index in [0.717, 1.165) is 11.1 Å². The molecule has 0 saturated heterocycles. The lowest BCUT2D eigenvalue weighted by Gasteiger charge is -2.08. The maximum Gasteiger partial charge on any atom is 0.145 e. The van der Waals surface area contributed by atoms with Gasteiger partial charge in [-0.3, -0.25) is 0 Å². The molecule has 4 heteroatoms. The molecule has 2 rings (SSSR count). The van der Waals surface area contributed by atoms with Crippen LogP contribution >= 0.6 is 27.5 Å². The molecule has 0 fully saturated rings. The van der Waals surface area contributed by atoms with Gasteiger partial charge in [-0.05, 0) is 28.4 Å². The van der Waals surface area contributed by atoms with Crippen LogP contribution in [0, 0.1) is 6.92 Å². The number of pyridine rings is 1. The van der Waals surface area contributed by atoms with Gasteiger partial charge in [-0.2, -0.15) is 0 Å². The first kappa shape index (κ1) is 11.4. The van der Waals surface area contributed by atoms with Crippen molar-refractivity contribution < 1.29 is 0 Å². The van der Waals surface area contributed by atoms with Crippen LogP contribution in [0.15, 0.2) is 34.9 Å². The predicted octanol–water partition coefficient (Wildman–Crippen LogP) is 4.06. The van der Waals surface area contributed by atoms with Crippen molar-refractivity contribution in [2.45, 2.75) is 6.92 Å². The number of nitrogen functional groups attached to an aromatic ring is 1. The first-order chi connectivity index (χ1) is 7.59. The molecular weight excluding hydrogens is 288 g/mol. The third-order valence-corrected chi connectivity index (χ3v) is 3.66. The average molecular weight is 298 g/mol. The average Bonchev–Trinajstić information content (AvgIpc) is 2.26. The van der Waals surface area contributed by atoms with Gasteiger partial charge in [0, 0.05) is 11.8 Å². The van der Waals surface area contributed by atoms with Crippen LogP contribution in [0.5, 0.6) is 0 Å². The second-order valence-corrected chi connectivity index (χ2v) is 4.71. The van der Waals surface area contributed by atoms with E-state index in [9.17, 15) is 0 Å². The molecule has 0 bridgehead atoms. The fourth-order valence-corrected chi connectivity index (χ4v) is 1.99. The first-order valence-electron chi connectivity index (χ1n) is 4.76. The zero-order valence-corrected chi connectivity index (χ0v) is 11.0. The fraction of sp³-hybridized carbons (Fsp3) is 0.0833. The summed E-state index contributed by atoms with van der Waals surface area (Å²) >= 11 is 9.19. The summed E-state index contributed by atoms with van der Waals surface area (Å²) in [7, 11) is 0. The summed E-state index contributed by atoms with van der Waals surface area (Å²) in [5, 5.41) is 0.383. The van der Waals surface area contributed by atoms with E-state index >= 15 is 0 Å². The molecule has 2 aromatic rings. The highest BCUT2D eigenvalue weighted by Gasteiger charge is 2.10. The Morgan fingerprint density at radius 1 is 1.38 bits per heavy atom. The second-order valence-electron chi connectivity index (χ2n) is 3.56. The molecule has 0 aliphatic rings. The third-order valence-electron chi connectivity index (χ3n) is 2.34. The van der Waals surface area contributed by atoms with Gasteiger partial charge in [0.05, 0.1) is 10.2 Å². The number of nitrogens with two attached hydrogens (primary N) is 1. The van der Waals surface area contributed by atoms with E-state index in [1.54, 1.807) is 6.20 Å². The maximum absolute atomic E-state index is 5.99. The van der Waals surface area contributed by atoms with Crippen molar-refractivity contribution in [3.63, 3.8) is 0 Å². The van der Waals surface area contributed by atoms with Crippen LogP contribution in [0.4, 0.5) is 5.69 Å². The van der Waals surface area contributed by atoms with Gasteiger partial charge in [0.15, 0.2) is 0 Å². The highest BCUT2D eigenvalue weighted by atomic mass is 79.9. The lowest BCUT2D eigenvalue weighted by molar-refractivity contribution is 1.31. The summed E-state index contributed by atoms with van der Waals surface area (Å²) in [5.74, 6) is 0. The summed E-state index contributed by atoms with van der Waals surface area (Å²) < 4.78 is 0.646. The number of anilines is 1. The molecule has 0 radical (unpaired) electrons. The molecule has 1 aromatic heterocycles. The van der Waals surface area contributed by atoms with Crippen molar-refractivity contribution in [2.75, 3.05) is 5.73 Å². The van der Waals surface area contributed by atoms with Gasteiger partial charge in [-0.15, -0.1) is 0 Å². The molecule has 0 saturated carbocycles. The Kier molecular flexibility index (Phi) is 3.17. The van der Waals surface area contributed by atoms with E-state index in [-0.39, 0.29) is 0 Å². The number of halogens is 2. The van der Waals surface area contributed by atoms with E-state index in [1.165, 1.54) is 5.56 Å². The summed E-state index contributed by atoms with van der Waals surface area (Å²) in [6.45, 7) is 2.04. The molecule has 0 aliphatic carbocycles. The molecular formula is C12H10BrClN2. The molecule has 82 valence electrons. The van der Waals surface area contributed by atoms with E-state index in [0.29, 0.717) is 15.3 Å². The molecule has 0 amide bonds. The minimum absolute atomic E-state index is 0.383. The van der Waals surface area contributed by atoms with Crippen LogP contribution in [0.1, 0.15) is 5.56 Å². The third kappa shape index (κ3) is 2.06. The SMILES string of the molecule is Cc1cccc(-c2cnc(Cl)c(Br)c2N)c1. The molecule has 0 aliphatic heterocycles. The zero-order valence-electron chi connectivity index (χ0n) is 8.67. The smallest absolute Gasteiger partial charge is 0.145 e. The van der Waals surface area contributed by atoms with Gasteiger partial charge >= 0.3 is 0 Å². The summed E-state index contributed by atoms with van der Waals surface area (Å²) in [4.78, 5) is 4.08. The zero-order chi connectivity index (χ0) is 11.7. The number of aromatic nitrogens is 1. The fourth-order valence-electron chi connectivity index (χ4n) is 1.52. The van der Waals surface area contributed by atoms with Crippen molar-refractivity contribution >= 4 is 33.2 Å². The maximum atomic E-state index is 5.99. The highest BCUT2D eigenvalue weighted by molar-refractivity contribution is 9.10. The Morgan fingerprint density at radius 2 is 2.12 bits per heavy atom. The summed E-state index contributed by atoms with van der Waals surface area (Å²) in [5.41, 5.74) is 9.73. The largest absolute Gasteiger partial charge is 0.397 e. The van der Waals surface area contributed by atoms with Crippen molar-refractivity contribution in [3.8, 4) is 11.1 Å². The first-order valence-corrected chi connectivity index (χ1v) is 5.93. The number of nitrogens with zero attached hydrogens (tertiary/aromatic N) is 1. The predicted molar refractivity (Wildman–Crippen MR) is 71.5 cm³/mol. The number of hydrogen-bond acceptors (Lipinski definition) is 2. The molecule has 16 heavy (non-hydrogen) atoms. The minimum Gasteiger partial charge on any atom is -0.397 e. The van der Waals surface area contributed by atoms with Gasteiger partial charge in [-0.1, -0.05) is 41.4 Å². The molecule has 2 nitrogen and oxygen atoms in total. The van der Waals surface area contributed by atoms with Gasteiger partial charge in [-0.25, -0.2) is 4.98 Å². The number of benzene rings is 1. The molecule has 1 heterocycles. The topological polar surface area (TPSA) is 38.9 Å². The van der Waals surface area contributed by atoms with Gasteiger partial charge < -0.3 is 5.73 Å². The van der Waals surface area contributed by atoms with E-state index in [4.69, 9.17) is 17.3 Å². The standard InChI is InChI=1S/C12H10BrClN2/c1-7-3-2-4-8(5-7)9-6-16-12(14)10(13)11(9)15/h2-6H,1H3,(H2,15,16). The van der Waals surface area contributed by atoms with Crippen LogP contribution in [0.3, 0.4) is 0 Å². The van der Waals surface area contributed by atoms with Gasteiger partial charge in [0.2, 0.25) is 0 Å². The molecule has 1 aromatic carbocycles. The Morgan fingerprint density at radius 3 is 2.81 bits per heavy atom. The monoisotopic (exact) mass is 296 g/mol. The Labute approximate surface area is 108 Å². The second kappa shape index (κ2) is 4.44. The Balaban J connectivity index is 2.61. The van der Waals surface area contributed by atoms with Crippen molar-refractivity contribution in [1.82, 2.24) is 4.98 Å². The minimum atomic E-state index is 0.383. The van der Waals surface area contributed by atoms with Crippen LogP contribution in [0.2, 0.25) is 5.15 Å². The van der Waals surface area contributed by atoms with E-state index < -0.39 is 0 Å². The van der Waals surface area contributed by atoms with Crippen LogP contribution in [0.25, 0.3) is 11.1 Å². The normalized spacial score (nSPS) is 10.4. The highest BCUT2D eigenvalue weighted by Crippen LogP contribution is 2.35. The van der Waals surface area contributed by atoms with Gasteiger partial charge in [0.25, 0.3) is 0 Å². The van der Waals surface area contributed by atoms with Gasteiger partial charge in [0.1, 0.15) is 5.15 Å². The van der Waals surface area contributed by atoms with E-state index in [1.807, 2.05) is 25.1 Å². The molecule has 0 spiro atoms. The Hall–Kier alpha value is -1.06. The van der Waals surface area contributed by atoms with Crippen LogP contribution in [-0.2, 0) is 0 Å². The lowest BCUT2D eigenvalue weighted by atomic mass is 10.0. The number of hydrogen-bond donors (Lipinski definition) is 1. The van der Waals surface area contributed by atoms with Crippen LogP contribution in [-0.4, -0.2) is 4.98 Å². The number of rotatable bonds is 1. The molecule has 2 N–H and O–H groups in total. The van der Waals surface area contributed by atoms with Crippen molar-refractivity contribution in [3.05, 3.63) is 45.7 Å². The van der Waals surface area contributed by atoms with Crippen molar-refractivity contribution in [1.29, 1.82) is 0 Å². The van der Waals surface area contributed by atoms with E-state index in [2.05, 4.69) is 27.0 Å². The van der Waals surface area contributed by atoms with Crippen molar-refractivity contribution in [2.24, 2.45) is 0 Å². The molecule has 0 atom stereocenters. The summed E-state index contributed by atoms with van der Waals surface area (Å²) in [6, 6.07) is 8.10. The number of aryl methyl sites for hydroxylation is 1.